The molecule has 20 heavy (non-hydrogen) atoms. The van der Waals surface area contributed by atoms with Gasteiger partial charge in [0.05, 0.1) is 12.6 Å². The number of carbonyl (C=O) groups is 1. The van der Waals surface area contributed by atoms with Crippen LogP contribution in [0.3, 0.4) is 0 Å². The molecule has 3 rings (SSSR count). The van der Waals surface area contributed by atoms with Gasteiger partial charge in [0, 0.05) is 23.0 Å². The van der Waals surface area contributed by atoms with E-state index in [2.05, 4.69) is 17.2 Å². The number of cyclic esters (lactones) is 1. The Balaban J connectivity index is 1.76. The van der Waals surface area contributed by atoms with Crippen LogP contribution in [0.1, 0.15) is 18.0 Å². The summed E-state index contributed by atoms with van der Waals surface area (Å²) in [5.41, 5.74) is 1.81. The van der Waals surface area contributed by atoms with Gasteiger partial charge in [-0.3, -0.25) is 4.90 Å². The van der Waals surface area contributed by atoms with Crippen molar-refractivity contribution in [3.63, 3.8) is 0 Å². The lowest BCUT2D eigenvalue weighted by atomic mass is 10.2. The first-order chi connectivity index (χ1) is 9.74. The van der Waals surface area contributed by atoms with E-state index in [1.165, 1.54) is 0 Å². The molecule has 0 spiro atoms. The molecule has 104 valence electrons. The van der Waals surface area contributed by atoms with Crippen LogP contribution in [0.15, 0.2) is 35.8 Å². The molecule has 1 aromatic carbocycles. The van der Waals surface area contributed by atoms with Gasteiger partial charge < -0.3 is 10.1 Å². The number of thiazole rings is 1. The average molecular weight is 289 g/mol. The number of hydrogen-bond donors (Lipinski definition) is 1. The Morgan fingerprint density at radius 1 is 1.50 bits per heavy atom. The lowest BCUT2D eigenvalue weighted by Gasteiger charge is -2.17. The van der Waals surface area contributed by atoms with Gasteiger partial charge in [-0.1, -0.05) is 6.07 Å². The van der Waals surface area contributed by atoms with Crippen molar-refractivity contribution in [2.45, 2.75) is 13.0 Å². The number of ether oxygens (including phenoxy) is 1. The van der Waals surface area contributed by atoms with E-state index in [0.29, 0.717) is 13.2 Å². The maximum atomic E-state index is 11.6. The predicted octanol–water partition coefficient (Wildman–Crippen LogP) is 3.27. The van der Waals surface area contributed by atoms with Crippen molar-refractivity contribution in [3.8, 4) is 0 Å². The predicted molar refractivity (Wildman–Crippen MR) is 79.3 cm³/mol. The maximum absolute atomic E-state index is 11.6. The third-order valence-electron chi connectivity index (χ3n) is 3.12. The molecule has 1 aliphatic heterocycles. The zero-order chi connectivity index (χ0) is 13.9. The fourth-order valence-electron chi connectivity index (χ4n) is 2.15. The second-order valence-corrected chi connectivity index (χ2v) is 5.48. The van der Waals surface area contributed by atoms with E-state index in [4.69, 9.17) is 4.74 Å². The molecular formula is C14H15N3O2S. The molecule has 0 saturated carbocycles. The highest BCUT2D eigenvalue weighted by atomic mass is 32.1. The second-order valence-electron chi connectivity index (χ2n) is 4.55. The van der Waals surface area contributed by atoms with E-state index < -0.39 is 0 Å². The molecule has 1 N–H and O–H groups in total. The van der Waals surface area contributed by atoms with Crippen molar-refractivity contribution in [1.29, 1.82) is 0 Å². The van der Waals surface area contributed by atoms with E-state index in [1.807, 2.05) is 29.6 Å². The number of nitrogens with zero attached hydrogens (tertiary/aromatic N) is 2. The first-order valence-corrected chi connectivity index (χ1v) is 7.32. The quantitative estimate of drug-likeness (QED) is 0.938. The van der Waals surface area contributed by atoms with E-state index in [-0.39, 0.29) is 12.1 Å². The number of hydrogen-bond acceptors (Lipinski definition) is 5. The fraction of sp³-hybridized carbons (Fsp3) is 0.286. The first kappa shape index (κ1) is 12.9. The zero-order valence-electron chi connectivity index (χ0n) is 11.1. The van der Waals surface area contributed by atoms with Crippen LogP contribution in [-0.2, 0) is 4.74 Å². The Labute approximate surface area is 121 Å². The Bertz CT molecular complexity index is 600. The number of anilines is 2. The molecule has 1 amide bonds. The molecule has 1 saturated heterocycles. The van der Waals surface area contributed by atoms with Gasteiger partial charge >= 0.3 is 6.09 Å². The monoisotopic (exact) mass is 289 g/mol. The summed E-state index contributed by atoms with van der Waals surface area (Å²) in [5, 5.41) is 6.39. The highest BCUT2D eigenvalue weighted by molar-refractivity contribution is 7.09. The third kappa shape index (κ3) is 2.60. The van der Waals surface area contributed by atoms with Gasteiger partial charge in [0.2, 0.25) is 0 Å². The van der Waals surface area contributed by atoms with Crippen LogP contribution in [0.5, 0.6) is 0 Å². The number of carbonyl (C=O) groups excluding carboxylic acids is 1. The molecule has 2 heterocycles. The Morgan fingerprint density at radius 2 is 2.40 bits per heavy atom. The number of rotatable bonds is 4. The van der Waals surface area contributed by atoms with E-state index in [1.54, 1.807) is 22.4 Å². The van der Waals surface area contributed by atoms with Crippen molar-refractivity contribution in [3.05, 3.63) is 40.8 Å². The van der Waals surface area contributed by atoms with Crippen LogP contribution < -0.4 is 10.2 Å². The van der Waals surface area contributed by atoms with Gasteiger partial charge in [-0.2, -0.15) is 0 Å². The lowest BCUT2D eigenvalue weighted by molar-refractivity contribution is 0.181. The largest absolute Gasteiger partial charge is 0.447 e. The summed E-state index contributed by atoms with van der Waals surface area (Å²) in [4.78, 5) is 17.5. The highest BCUT2D eigenvalue weighted by Crippen LogP contribution is 2.25. The molecule has 0 aliphatic carbocycles. The van der Waals surface area contributed by atoms with Gasteiger partial charge in [-0.05, 0) is 25.1 Å². The summed E-state index contributed by atoms with van der Waals surface area (Å²) < 4.78 is 4.96. The van der Waals surface area contributed by atoms with Gasteiger partial charge in [-0.25, -0.2) is 9.78 Å². The van der Waals surface area contributed by atoms with Gasteiger partial charge in [0.25, 0.3) is 0 Å². The molecule has 2 aromatic rings. The normalized spacial score (nSPS) is 16.1. The standard InChI is InChI=1S/C14H15N3O2S/c1-10(13-15-5-8-20-13)16-11-3-2-4-12(9-11)17-6-7-19-14(17)18/h2-5,8-10,16H,6-7H2,1H3. The zero-order valence-corrected chi connectivity index (χ0v) is 11.9. The molecular weight excluding hydrogens is 274 g/mol. The summed E-state index contributed by atoms with van der Waals surface area (Å²) in [6, 6.07) is 7.91. The van der Waals surface area contributed by atoms with E-state index in [9.17, 15) is 4.79 Å². The molecule has 1 atom stereocenters. The summed E-state index contributed by atoms with van der Waals surface area (Å²) in [7, 11) is 0. The van der Waals surface area contributed by atoms with E-state index in [0.717, 1.165) is 16.4 Å². The third-order valence-corrected chi connectivity index (χ3v) is 4.08. The summed E-state index contributed by atoms with van der Waals surface area (Å²) in [5.74, 6) is 0. The van der Waals surface area contributed by atoms with Crippen LogP contribution in [-0.4, -0.2) is 24.2 Å². The molecule has 1 aliphatic rings. The van der Waals surface area contributed by atoms with Gasteiger partial charge in [0.1, 0.15) is 11.6 Å². The summed E-state index contributed by atoms with van der Waals surface area (Å²) in [6.45, 7) is 3.12. The number of benzene rings is 1. The smallest absolute Gasteiger partial charge is 0.414 e. The SMILES string of the molecule is CC(Nc1cccc(N2CCOC2=O)c1)c1nccs1. The number of aromatic nitrogens is 1. The molecule has 5 nitrogen and oxygen atoms in total. The summed E-state index contributed by atoms with van der Waals surface area (Å²) in [6.07, 6.45) is 1.52. The second kappa shape index (κ2) is 5.50. The Kier molecular flexibility index (Phi) is 3.56. The Morgan fingerprint density at radius 3 is 3.10 bits per heavy atom. The van der Waals surface area contributed by atoms with Crippen LogP contribution in [0.4, 0.5) is 16.2 Å². The minimum absolute atomic E-state index is 0.135. The molecule has 0 bridgehead atoms. The minimum Gasteiger partial charge on any atom is -0.447 e. The van der Waals surface area contributed by atoms with Crippen LogP contribution in [0, 0.1) is 0 Å². The lowest BCUT2D eigenvalue weighted by Crippen LogP contribution is -2.23. The molecule has 0 radical (unpaired) electrons. The topological polar surface area (TPSA) is 54.5 Å². The van der Waals surface area contributed by atoms with Crippen LogP contribution >= 0.6 is 11.3 Å². The Hall–Kier alpha value is -2.08. The average Bonchev–Trinajstić information content (AvgIpc) is 3.10. The van der Waals surface area contributed by atoms with Crippen molar-refractivity contribution >= 4 is 28.8 Å². The van der Waals surface area contributed by atoms with Crippen molar-refractivity contribution in [2.24, 2.45) is 0 Å². The minimum atomic E-state index is -0.282. The summed E-state index contributed by atoms with van der Waals surface area (Å²) >= 11 is 1.62. The van der Waals surface area contributed by atoms with Crippen LogP contribution in [0.25, 0.3) is 0 Å². The number of nitrogens with one attached hydrogen (secondary N) is 1. The molecule has 1 fully saturated rings. The fourth-order valence-corrected chi connectivity index (χ4v) is 2.80. The first-order valence-electron chi connectivity index (χ1n) is 6.44. The molecule has 1 unspecified atom stereocenters. The number of amides is 1. The van der Waals surface area contributed by atoms with E-state index >= 15 is 0 Å². The van der Waals surface area contributed by atoms with Gasteiger partial charge in [0.15, 0.2) is 0 Å². The van der Waals surface area contributed by atoms with Crippen molar-refractivity contribution in [2.75, 3.05) is 23.4 Å². The van der Waals surface area contributed by atoms with Crippen LogP contribution in [0.2, 0.25) is 0 Å². The van der Waals surface area contributed by atoms with Gasteiger partial charge in [-0.15, -0.1) is 11.3 Å². The van der Waals surface area contributed by atoms with Crippen molar-refractivity contribution < 1.29 is 9.53 Å². The van der Waals surface area contributed by atoms with Crippen molar-refractivity contribution in [1.82, 2.24) is 4.98 Å². The highest BCUT2D eigenvalue weighted by Gasteiger charge is 2.23. The maximum Gasteiger partial charge on any atom is 0.414 e. The molecule has 1 aromatic heterocycles. The molecule has 6 heteroatoms.